The molecule has 3 amide bonds. The van der Waals surface area contributed by atoms with Gasteiger partial charge in [0.2, 0.25) is 5.91 Å². The van der Waals surface area contributed by atoms with Crippen molar-refractivity contribution in [3.05, 3.63) is 95.1 Å². The molecule has 0 spiro atoms. The standard InChI is InChI=1S/C29H26N2O5/c1-19-7-9-20(10-8-19)11-14-27(32)30-21-4-2-5-22(16-21)36-23-12-13-25-26(17-23)29(34)31(28(25)33)18-24-6-3-15-35-24/h2,4-5,7-14,16-17,24H,3,6,15,18H2,1H3,(H,30,32)/b14-11+. The van der Waals surface area contributed by atoms with E-state index in [4.69, 9.17) is 9.47 Å². The second-order valence-corrected chi connectivity index (χ2v) is 8.93. The summed E-state index contributed by atoms with van der Waals surface area (Å²) >= 11 is 0. The zero-order chi connectivity index (χ0) is 25.1. The van der Waals surface area contributed by atoms with Crippen molar-refractivity contribution in [1.82, 2.24) is 4.90 Å². The van der Waals surface area contributed by atoms with Crippen LogP contribution in [0.4, 0.5) is 5.69 Å². The monoisotopic (exact) mass is 482 g/mol. The number of anilines is 1. The zero-order valence-corrected chi connectivity index (χ0v) is 19.9. The van der Waals surface area contributed by atoms with Gasteiger partial charge in [-0.3, -0.25) is 19.3 Å². The highest BCUT2D eigenvalue weighted by Gasteiger charge is 2.37. The van der Waals surface area contributed by atoms with E-state index in [9.17, 15) is 14.4 Å². The number of ether oxygens (including phenoxy) is 2. The average Bonchev–Trinajstić information content (AvgIpc) is 3.47. The normalized spacial score (nSPS) is 17.0. The third-order valence-electron chi connectivity index (χ3n) is 6.19. The van der Waals surface area contributed by atoms with E-state index >= 15 is 0 Å². The Kier molecular flexibility index (Phi) is 6.64. The Morgan fingerprint density at radius 1 is 1.03 bits per heavy atom. The molecule has 3 aromatic rings. The first-order valence-corrected chi connectivity index (χ1v) is 11.9. The van der Waals surface area contributed by atoms with Gasteiger partial charge in [0.15, 0.2) is 0 Å². The Bertz CT molecular complexity index is 1340. The van der Waals surface area contributed by atoms with E-state index in [0.717, 1.165) is 24.0 Å². The number of hydrogen-bond acceptors (Lipinski definition) is 5. The van der Waals surface area contributed by atoms with Crippen molar-refractivity contribution in [1.29, 1.82) is 0 Å². The van der Waals surface area contributed by atoms with Crippen LogP contribution in [0.3, 0.4) is 0 Å². The molecule has 0 aromatic heterocycles. The van der Waals surface area contributed by atoms with Gasteiger partial charge in [0.05, 0.1) is 23.8 Å². The molecule has 182 valence electrons. The van der Waals surface area contributed by atoms with Gasteiger partial charge < -0.3 is 14.8 Å². The lowest BCUT2D eigenvalue weighted by atomic mass is 10.1. The first kappa shape index (κ1) is 23.5. The van der Waals surface area contributed by atoms with E-state index in [0.29, 0.717) is 34.9 Å². The lowest BCUT2D eigenvalue weighted by Crippen LogP contribution is -2.36. The van der Waals surface area contributed by atoms with Gasteiger partial charge in [-0.1, -0.05) is 35.9 Å². The molecule has 7 nitrogen and oxygen atoms in total. The van der Waals surface area contributed by atoms with Crippen molar-refractivity contribution >= 4 is 29.5 Å². The van der Waals surface area contributed by atoms with Gasteiger partial charge in [-0.25, -0.2) is 0 Å². The highest BCUT2D eigenvalue weighted by Crippen LogP contribution is 2.31. The summed E-state index contributed by atoms with van der Waals surface area (Å²) in [4.78, 5) is 39.2. The van der Waals surface area contributed by atoms with Crippen molar-refractivity contribution in [3.63, 3.8) is 0 Å². The predicted molar refractivity (Wildman–Crippen MR) is 136 cm³/mol. The number of hydrogen-bond donors (Lipinski definition) is 1. The molecule has 1 N–H and O–H groups in total. The Balaban J connectivity index is 1.24. The summed E-state index contributed by atoms with van der Waals surface area (Å²) in [5, 5.41) is 2.82. The number of nitrogens with zero attached hydrogens (tertiary/aromatic N) is 1. The van der Waals surface area contributed by atoms with Crippen molar-refractivity contribution in [2.24, 2.45) is 0 Å². The third-order valence-corrected chi connectivity index (χ3v) is 6.19. The zero-order valence-electron chi connectivity index (χ0n) is 19.9. The van der Waals surface area contributed by atoms with Gasteiger partial charge in [-0.2, -0.15) is 0 Å². The average molecular weight is 483 g/mol. The van der Waals surface area contributed by atoms with E-state index < -0.39 is 0 Å². The van der Waals surface area contributed by atoms with Crippen LogP contribution in [0, 0.1) is 6.92 Å². The molecule has 36 heavy (non-hydrogen) atoms. The van der Waals surface area contributed by atoms with Crippen molar-refractivity contribution in [2.75, 3.05) is 18.5 Å². The van der Waals surface area contributed by atoms with Gasteiger partial charge in [0.25, 0.3) is 11.8 Å². The van der Waals surface area contributed by atoms with E-state index in [1.807, 2.05) is 31.2 Å². The van der Waals surface area contributed by atoms with Gasteiger partial charge in [0.1, 0.15) is 11.5 Å². The number of fused-ring (bicyclic) bond motifs is 1. The summed E-state index contributed by atoms with van der Waals surface area (Å²) in [6.07, 6.45) is 4.90. The number of amides is 3. The molecule has 2 aliphatic rings. The quantitative estimate of drug-likeness (QED) is 0.369. The number of rotatable bonds is 7. The Labute approximate surface area is 209 Å². The summed E-state index contributed by atoms with van der Waals surface area (Å²) in [6, 6.07) is 19.7. The van der Waals surface area contributed by atoms with Gasteiger partial charge in [0, 0.05) is 24.4 Å². The maximum atomic E-state index is 12.9. The second kappa shape index (κ2) is 10.2. The van der Waals surface area contributed by atoms with Crippen LogP contribution >= 0.6 is 0 Å². The van der Waals surface area contributed by atoms with Crippen molar-refractivity contribution in [2.45, 2.75) is 25.9 Å². The fraction of sp³-hybridized carbons (Fsp3) is 0.207. The van der Waals surface area contributed by atoms with E-state index in [1.54, 1.807) is 48.5 Å². The van der Waals surface area contributed by atoms with E-state index in [1.165, 1.54) is 11.0 Å². The summed E-state index contributed by atoms with van der Waals surface area (Å²) < 4.78 is 11.5. The highest BCUT2D eigenvalue weighted by molar-refractivity contribution is 6.21. The minimum Gasteiger partial charge on any atom is -0.457 e. The molecule has 1 atom stereocenters. The van der Waals surface area contributed by atoms with Crippen LogP contribution in [0.5, 0.6) is 11.5 Å². The number of imide groups is 1. The maximum Gasteiger partial charge on any atom is 0.261 e. The molecule has 0 aliphatic carbocycles. The molecule has 0 radical (unpaired) electrons. The number of aryl methyl sites for hydroxylation is 1. The molecule has 5 rings (SSSR count). The molecule has 2 aliphatic heterocycles. The summed E-state index contributed by atoms with van der Waals surface area (Å²) in [7, 11) is 0. The maximum absolute atomic E-state index is 12.9. The fourth-order valence-electron chi connectivity index (χ4n) is 4.30. The van der Waals surface area contributed by atoms with E-state index in [2.05, 4.69) is 5.32 Å². The van der Waals surface area contributed by atoms with Gasteiger partial charge in [-0.05, 0) is 61.7 Å². The summed E-state index contributed by atoms with van der Waals surface area (Å²) in [5.41, 5.74) is 3.35. The van der Waals surface area contributed by atoms with Crippen molar-refractivity contribution < 1.29 is 23.9 Å². The third kappa shape index (κ3) is 5.21. The minimum absolute atomic E-state index is 0.104. The van der Waals surface area contributed by atoms with Crippen molar-refractivity contribution in [3.8, 4) is 11.5 Å². The van der Waals surface area contributed by atoms with Gasteiger partial charge >= 0.3 is 0 Å². The highest BCUT2D eigenvalue weighted by atomic mass is 16.5. The number of benzene rings is 3. The molecule has 1 fully saturated rings. The van der Waals surface area contributed by atoms with E-state index in [-0.39, 0.29) is 30.4 Å². The summed E-state index contributed by atoms with van der Waals surface area (Å²) in [5.74, 6) is 0.0123. The van der Waals surface area contributed by atoms with Crippen LogP contribution in [0.1, 0.15) is 44.7 Å². The molecular formula is C29H26N2O5. The number of carbonyl (C=O) groups is 3. The first-order chi connectivity index (χ1) is 17.5. The van der Waals surface area contributed by atoms with Crippen LogP contribution in [0.2, 0.25) is 0 Å². The molecule has 1 saturated heterocycles. The largest absolute Gasteiger partial charge is 0.457 e. The number of nitrogens with one attached hydrogen (secondary N) is 1. The van der Waals surface area contributed by atoms with Crippen LogP contribution in [0.15, 0.2) is 72.8 Å². The van der Waals surface area contributed by atoms with Crippen LogP contribution in [-0.2, 0) is 9.53 Å². The van der Waals surface area contributed by atoms with Crippen LogP contribution in [-0.4, -0.2) is 41.9 Å². The number of carbonyl (C=O) groups excluding carboxylic acids is 3. The fourth-order valence-corrected chi connectivity index (χ4v) is 4.30. The molecule has 3 aromatic carbocycles. The molecular weight excluding hydrogens is 456 g/mol. The Morgan fingerprint density at radius 2 is 1.81 bits per heavy atom. The van der Waals surface area contributed by atoms with Crippen LogP contribution < -0.4 is 10.1 Å². The minimum atomic E-state index is -0.336. The molecule has 0 bridgehead atoms. The molecule has 7 heteroatoms. The summed E-state index contributed by atoms with van der Waals surface area (Å²) in [6.45, 7) is 2.94. The second-order valence-electron chi connectivity index (χ2n) is 8.93. The Hall–Kier alpha value is -4.23. The molecule has 2 heterocycles. The topological polar surface area (TPSA) is 84.9 Å². The lowest BCUT2D eigenvalue weighted by Gasteiger charge is -2.17. The molecule has 1 unspecified atom stereocenters. The molecule has 0 saturated carbocycles. The predicted octanol–water partition coefficient (Wildman–Crippen LogP) is 5.21. The smallest absolute Gasteiger partial charge is 0.261 e. The Morgan fingerprint density at radius 3 is 2.58 bits per heavy atom. The SMILES string of the molecule is Cc1ccc(/C=C/C(=O)Nc2cccc(Oc3ccc4c(c3)C(=O)N(CC3CCCO3)C4=O)c2)cc1. The van der Waals surface area contributed by atoms with Gasteiger partial charge in [-0.15, -0.1) is 0 Å². The first-order valence-electron chi connectivity index (χ1n) is 11.9. The van der Waals surface area contributed by atoms with Crippen LogP contribution in [0.25, 0.3) is 6.08 Å². The lowest BCUT2D eigenvalue weighted by molar-refractivity contribution is -0.111.